The van der Waals surface area contributed by atoms with Gasteiger partial charge in [0.2, 0.25) is 16.8 Å². The second-order valence-electron chi connectivity index (χ2n) is 12.6. The van der Waals surface area contributed by atoms with E-state index in [-0.39, 0.29) is 24.2 Å². The van der Waals surface area contributed by atoms with Gasteiger partial charge >= 0.3 is 0 Å². The van der Waals surface area contributed by atoms with E-state index in [0.717, 1.165) is 36.1 Å². The molecule has 0 fully saturated rings. The van der Waals surface area contributed by atoms with Gasteiger partial charge in [-0.1, -0.05) is 77.4 Å². The van der Waals surface area contributed by atoms with Crippen molar-refractivity contribution in [1.82, 2.24) is 4.31 Å². The van der Waals surface area contributed by atoms with E-state index in [2.05, 4.69) is 59.7 Å². The van der Waals surface area contributed by atoms with Crippen LogP contribution in [0.4, 0.5) is 0 Å². The van der Waals surface area contributed by atoms with E-state index in [1.54, 1.807) is 16.4 Å². The molecule has 4 rings (SSSR count). The zero-order chi connectivity index (χ0) is 30.5. The van der Waals surface area contributed by atoms with Gasteiger partial charge in [0, 0.05) is 18.7 Å². The molecule has 3 aromatic rings. The molecule has 6 nitrogen and oxygen atoms in total. The van der Waals surface area contributed by atoms with Gasteiger partial charge in [-0.3, -0.25) is 0 Å². The number of rotatable bonds is 14. The van der Waals surface area contributed by atoms with Gasteiger partial charge < -0.3 is 14.2 Å². The van der Waals surface area contributed by atoms with Crippen LogP contribution in [0, 0.1) is 6.92 Å². The molecule has 228 valence electrons. The van der Waals surface area contributed by atoms with Gasteiger partial charge in [-0.25, -0.2) is 8.42 Å². The molecule has 0 saturated heterocycles. The molecule has 0 amide bonds. The minimum absolute atomic E-state index is 0.0152. The number of benzene rings is 3. The molecule has 42 heavy (non-hydrogen) atoms. The van der Waals surface area contributed by atoms with E-state index in [4.69, 9.17) is 14.2 Å². The van der Waals surface area contributed by atoms with Crippen LogP contribution in [0.15, 0.2) is 65.6 Å². The predicted molar refractivity (Wildman–Crippen MR) is 169 cm³/mol. The summed E-state index contributed by atoms with van der Waals surface area (Å²) in [5, 5.41) is 0. The highest BCUT2D eigenvalue weighted by molar-refractivity contribution is 7.89. The van der Waals surface area contributed by atoms with Crippen LogP contribution in [0.25, 0.3) is 0 Å². The van der Waals surface area contributed by atoms with Crippen LogP contribution in [0.5, 0.6) is 17.2 Å². The fourth-order valence-corrected chi connectivity index (χ4v) is 6.43. The van der Waals surface area contributed by atoms with E-state index >= 15 is 0 Å². The molecule has 1 aliphatic rings. The summed E-state index contributed by atoms with van der Waals surface area (Å²) in [4.78, 5) is 0.298. The lowest BCUT2D eigenvalue weighted by atomic mass is 9.76. The fourth-order valence-electron chi connectivity index (χ4n) is 4.96. The molecule has 3 aromatic carbocycles. The van der Waals surface area contributed by atoms with Gasteiger partial charge in [0.15, 0.2) is 11.5 Å². The van der Waals surface area contributed by atoms with Crippen LogP contribution < -0.4 is 14.2 Å². The van der Waals surface area contributed by atoms with E-state index < -0.39 is 10.0 Å². The zero-order valence-electron chi connectivity index (χ0n) is 26.3. The molecular formula is C35H47NO5S. The molecule has 0 atom stereocenters. The third kappa shape index (κ3) is 7.30. The van der Waals surface area contributed by atoms with Crippen LogP contribution in [0.3, 0.4) is 0 Å². The number of unbranched alkanes of at least 4 members (excludes halogenated alkanes) is 1. The quantitative estimate of drug-likeness (QED) is 0.177. The van der Waals surface area contributed by atoms with Crippen LogP contribution in [0.1, 0.15) is 89.5 Å². The minimum Gasteiger partial charge on any atom is -0.493 e. The van der Waals surface area contributed by atoms with Gasteiger partial charge in [0.05, 0.1) is 11.5 Å². The Kier molecular flexibility index (Phi) is 9.94. The molecule has 0 aliphatic carbocycles. The molecule has 1 aliphatic heterocycles. The first-order valence-electron chi connectivity index (χ1n) is 15.1. The summed E-state index contributed by atoms with van der Waals surface area (Å²) in [6.07, 6.45) is 3.47. The molecular weight excluding hydrogens is 546 g/mol. The molecule has 7 heteroatoms. The molecule has 0 radical (unpaired) electrons. The van der Waals surface area contributed by atoms with E-state index in [1.165, 1.54) is 11.1 Å². The van der Waals surface area contributed by atoms with Crippen molar-refractivity contribution in [3.8, 4) is 17.2 Å². The lowest BCUT2D eigenvalue weighted by Crippen LogP contribution is -2.32. The fraction of sp³-hybridized carbons (Fsp3) is 0.486. The van der Waals surface area contributed by atoms with Crippen LogP contribution in [-0.4, -0.2) is 32.7 Å². The van der Waals surface area contributed by atoms with E-state index in [1.807, 2.05) is 37.3 Å². The number of hydrogen-bond donors (Lipinski definition) is 0. The number of fused-ring (bicyclic) bond motifs is 1. The molecule has 0 bridgehead atoms. The van der Waals surface area contributed by atoms with Crippen LogP contribution >= 0.6 is 0 Å². The maximum Gasteiger partial charge on any atom is 0.243 e. The molecule has 0 aromatic heterocycles. The third-order valence-electron chi connectivity index (χ3n) is 8.77. The first-order valence-corrected chi connectivity index (χ1v) is 16.5. The van der Waals surface area contributed by atoms with Crippen molar-refractivity contribution in [1.29, 1.82) is 0 Å². The monoisotopic (exact) mass is 593 g/mol. The number of aryl methyl sites for hydroxylation is 1. The summed E-state index contributed by atoms with van der Waals surface area (Å²) in [5.41, 5.74) is 4.52. The Morgan fingerprint density at radius 2 is 1.52 bits per heavy atom. The van der Waals surface area contributed by atoms with E-state index in [0.29, 0.717) is 36.0 Å². The molecule has 0 N–H and O–H groups in total. The molecule has 1 heterocycles. The SMILES string of the molecule is CCC(C)(C)c1ccc(OCCCCN(Cc2ccc3c(c2)OCO3)S(=O)(=O)c2ccc(C)cc2)c(C(C)(C)CC)c1. The Morgan fingerprint density at radius 3 is 2.21 bits per heavy atom. The number of hydrogen-bond acceptors (Lipinski definition) is 5. The Balaban J connectivity index is 1.47. The lowest BCUT2D eigenvalue weighted by Gasteiger charge is -2.30. The normalized spacial score (nSPS) is 13.5. The number of sulfonamides is 1. The van der Waals surface area contributed by atoms with Gasteiger partial charge in [-0.2, -0.15) is 4.31 Å². The first-order chi connectivity index (χ1) is 19.9. The van der Waals surface area contributed by atoms with Gasteiger partial charge in [-0.15, -0.1) is 0 Å². The largest absolute Gasteiger partial charge is 0.493 e. The van der Waals surface area contributed by atoms with E-state index in [9.17, 15) is 8.42 Å². The maximum absolute atomic E-state index is 13.7. The summed E-state index contributed by atoms with van der Waals surface area (Å²) < 4.78 is 46.3. The number of ether oxygens (including phenoxy) is 3. The Hall–Kier alpha value is -3.03. The highest BCUT2D eigenvalue weighted by atomic mass is 32.2. The second kappa shape index (κ2) is 13.1. The minimum atomic E-state index is -3.70. The van der Waals surface area contributed by atoms with Crippen molar-refractivity contribution in [3.63, 3.8) is 0 Å². The summed E-state index contributed by atoms with van der Waals surface area (Å²) in [7, 11) is -3.70. The van der Waals surface area contributed by atoms with Gasteiger partial charge in [0.1, 0.15) is 5.75 Å². The smallest absolute Gasteiger partial charge is 0.243 e. The molecule has 0 saturated carbocycles. The van der Waals surface area contributed by atoms with Crippen molar-refractivity contribution in [3.05, 3.63) is 82.9 Å². The predicted octanol–water partition coefficient (Wildman–Crippen LogP) is 8.15. The maximum atomic E-state index is 13.7. The average Bonchev–Trinajstić information content (AvgIpc) is 3.44. The zero-order valence-corrected chi connectivity index (χ0v) is 27.1. The Bertz CT molecular complexity index is 1460. The second-order valence-corrected chi connectivity index (χ2v) is 14.5. The molecule has 0 spiro atoms. The summed E-state index contributed by atoms with van der Waals surface area (Å²) >= 11 is 0. The summed E-state index contributed by atoms with van der Waals surface area (Å²) in [5.74, 6) is 2.25. The molecule has 0 unspecified atom stereocenters. The Morgan fingerprint density at radius 1 is 0.833 bits per heavy atom. The average molecular weight is 594 g/mol. The summed E-state index contributed by atoms with van der Waals surface area (Å²) in [6, 6.07) is 19.3. The van der Waals surface area contributed by atoms with Crippen molar-refractivity contribution >= 4 is 10.0 Å². The third-order valence-corrected chi connectivity index (χ3v) is 10.6. The topological polar surface area (TPSA) is 65.1 Å². The van der Waals surface area contributed by atoms with Crippen molar-refractivity contribution < 1.29 is 22.6 Å². The highest BCUT2D eigenvalue weighted by Gasteiger charge is 2.28. The van der Waals surface area contributed by atoms with Crippen LogP contribution in [0.2, 0.25) is 0 Å². The lowest BCUT2D eigenvalue weighted by molar-refractivity contribution is 0.174. The summed E-state index contributed by atoms with van der Waals surface area (Å²) in [6.45, 7) is 16.8. The van der Waals surface area contributed by atoms with Gasteiger partial charge in [0.25, 0.3) is 0 Å². The van der Waals surface area contributed by atoms with Crippen LogP contribution in [-0.2, 0) is 27.4 Å². The van der Waals surface area contributed by atoms with Crippen molar-refractivity contribution in [2.75, 3.05) is 19.9 Å². The van der Waals surface area contributed by atoms with Crippen molar-refractivity contribution in [2.45, 2.75) is 96.4 Å². The standard InChI is InChI=1S/C35H47NO5S/c1-8-34(4,5)28-15-19-31(30(23-28)35(6,7)9-2)39-21-11-10-20-36(42(37,38)29-16-12-26(3)13-17-29)24-27-14-18-32-33(22-27)41-25-40-32/h12-19,22-23H,8-11,20-21,24-25H2,1-7H3. The van der Waals surface area contributed by atoms with Gasteiger partial charge in [-0.05, 0) is 84.9 Å². The highest BCUT2D eigenvalue weighted by Crippen LogP contribution is 2.39. The van der Waals surface area contributed by atoms with Crippen molar-refractivity contribution in [2.24, 2.45) is 0 Å². The Labute approximate surface area is 253 Å². The number of nitrogens with zero attached hydrogens (tertiary/aromatic N) is 1. The first kappa shape index (κ1) is 31.9.